The zero-order valence-electron chi connectivity index (χ0n) is 20.6. The van der Waals surface area contributed by atoms with Gasteiger partial charge in [-0.15, -0.1) is 11.8 Å². The summed E-state index contributed by atoms with van der Waals surface area (Å²) in [4.78, 5) is 47.5. The number of rotatable bonds is 6. The number of thioether (sulfide) groups is 1. The second-order valence-corrected chi connectivity index (χ2v) is 12.3. The van der Waals surface area contributed by atoms with Crippen molar-refractivity contribution in [3.63, 3.8) is 0 Å². The number of benzene rings is 1. The first-order chi connectivity index (χ1) is 17.3. The van der Waals surface area contributed by atoms with E-state index in [1.54, 1.807) is 33.7 Å². The van der Waals surface area contributed by atoms with Gasteiger partial charge in [0.1, 0.15) is 6.04 Å². The number of aliphatic hydroxyl groups excluding tert-OH is 1. The molecule has 4 heterocycles. The normalized spacial score (nSPS) is 33.5. The fourth-order valence-electron chi connectivity index (χ4n) is 6.41. The van der Waals surface area contributed by atoms with Crippen molar-refractivity contribution in [3.05, 3.63) is 53.6 Å². The van der Waals surface area contributed by atoms with Crippen LogP contribution in [0.25, 0.3) is 0 Å². The molecule has 192 valence electrons. The average Bonchev–Trinajstić information content (AvgIpc) is 3.12. The predicted molar refractivity (Wildman–Crippen MR) is 142 cm³/mol. The molecule has 2 saturated heterocycles. The number of fused-ring (bicyclic) bond motifs is 2. The minimum absolute atomic E-state index is 0.0251. The van der Waals surface area contributed by atoms with E-state index >= 15 is 0 Å². The third-order valence-electron chi connectivity index (χ3n) is 7.83. The van der Waals surface area contributed by atoms with Crippen LogP contribution in [0.4, 0.5) is 5.69 Å². The number of nitrogens with zero attached hydrogens (tertiary/aromatic N) is 3. The minimum Gasteiger partial charge on any atom is -0.396 e. The molecule has 4 aliphatic heterocycles. The molecule has 7 nitrogen and oxygen atoms in total. The first-order valence-corrected chi connectivity index (χ1v) is 13.8. The molecule has 5 rings (SSSR count). The molecule has 0 aliphatic carbocycles. The maximum absolute atomic E-state index is 14.3. The van der Waals surface area contributed by atoms with Crippen molar-refractivity contribution >= 4 is 46.8 Å². The van der Waals surface area contributed by atoms with Crippen molar-refractivity contribution in [1.82, 2.24) is 9.80 Å². The lowest BCUT2D eigenvalue weighted by atomic mass is 9.74. The van der Waals surface area contributed by atoms with Crippen LogP contribution < -0.4 is 4.90 Å². The number of halogens is 1. The lowest BCUT2D eigenvalue weighted by Crippen LogP contribution is -2.53. The zero-order chi connectivity index (χ0) is 25.7. The van der Waals surface area contributed by atoms with Crippen LogP contribution in [0.1, 0.15) is 26.7 Å². The molecular formula is C27H32ClN3O4S. The van der Waals surface area contributed by atoms with Gasteiger partial charge >= 0.3 is 0 Å². The molecule has 0 bridgehead atoms. The molecule has 1 spiro atoms. The first kappa shape index (κ1) is 25.4. The van der Waals surface area contributed by atoms with Crippen LogP contribution in [0.3, 0.4) is 0 Å². The second kappa shape index (κ2) is 9.54. The molecular weight excluding hydrogens is 498 g/mol. The zero-order valence-corrected chi connectivity index (χ0v) is 22.2. The van der Waals surface area contributed by atoms with Gasteiger partial charge in [0.25, 0.3) is 5.91 Å². The quantitative estimate of drug-likeness (QED) is 0.573. The Morgan fingerprint density at radius 3 is 2.50 bits per heavy atom. The lowest BCUT2D eigenvalue weighted by Gasteiger charge is -2.37. The summed E-state index contributed by atoms with van der Waals surface area (Å²) in [5.41, 5.74) is 0.595. The van der Waals surface area contributed by atoms with Gasteiger partial charge in [-0.05, 0) is 31.9 Å². The van der Waals surface area contributed by atoms with Crippen molar-refractivity contribution in [2.24, 2.45) is 11.8 Å². The molecule has 1 N–H and O–H groups in total. The number of amides is 3. The van der Waals surface area contributed by atoms with Gasteiger partial charge in [-0.2, -0.15) is 0 Å². The monoisotopic (exact) mass is 529 g/mol. The predicted octanol–water partition coefficient (Wildman–Crippen LogP) is 3.12. The van der Waals surface area contributed by atoms with E-state index < -0.39 is 27.4 Å². The molecule has 4 aliphatic rings. The number of para-hydroxylation sites is 1. The van der Waals surface area contributed by atoms with Gasteiger partial charge in [0.15, 0.2) is 0 Å². The number of hydrogen-bond donors (Lipinski definition) is 1. The number of likely N-dealkylation sites (tertiary alicyclic amines) is 1. The Kier molecular flexibility index (Phi) is 6.72. The summed E-state index contributed by atoms with van der Waals surface area (Å²) in [5.74, 6) is -1.67. The minimum atomic E-state index is -0.895. The highest BCUT2D eigenvalue weighted by atomic mass is 35.5. The van der Waals surface area contributed by atoms with E-state index in [2.05, 4.69) is 6.08 Å². The third-order valence-corrected chi connectivity index (χ3v) is 9.95. The summed E-state index contributed by atoms with van der Waals surface area (Å²) in [6.07, 6.45) is 9.23. The molecule has 1 aromatic rings. The van der Waals surface area contributed by atoms with Gasteiger partial charge in [-0.3, -0.25) is 14.4 Å². The second-order valence-electron chi connectivity index (χ2n) is 10.1. The fourth-order valence-corrected chi connectivity index (χ4v) is 8.81. The molecule has 9 heteroatoms. The number of aliphatic hydroxyl groups is 1. The van der Waals surface area contributed by atoms with Crippen molar-refractivity contribution in [2.45, 2.75) is 42.2 Å². The summed E-state index contributed by atoms with van der Waals surface area (Å²) < 4.78 is -1.51. The number of anilines is 1. The van der Waals surface area contributed by atoms with Gasteiger partial charge < -0.3 is 19.8 Å². The summed E-state index contributed by atoms with van der Waals surface area (Å²) in [7, 11) is 0. The highest BCUT2D eigenvalue weighted by Crippen LogP contribution is 2.65. The van der Waals surface area contributed by atoms with Crippen molar-refractivity contribution in [3.8, 4) is 0 Å². The molecule has 3 amide bonds. The van der Waals surface area contributed by atoms with Crippen molar-refractivity contribution in [1.29, 1.82) is 0 Å². The maximum Gasteiger partial charge on any atom is 0.251 e. The van der Waals surface area contributed by atoms with E-state index in [4.69, 9.17) is 11.6 Å². The Morgan fingerprint density at radius 1 is 1.03 bits per heavy atom. The summed E-state index contributed by atoms with van der Waals surface area (Å²) >= 11 is 8.05. The fraction of sp³-hybridized carbons (Fsp3) is 0.519. The number of carbonyl (C=O) groups is 3. The average molecular weight is 530 g/mol. The van der Waals surface area contributed by atoms with Crippen LogP contribution in [0.5, 0.6) is 0 Å². The molecule has 1 unspecified atom stereocenters. The van der Waals surface area contributed by atoms with Gasteiger partial charge in [-0.25, -0.2) is 0 Å². The molecule has 1 aromatic carbocycles. The van der Waals surface area contributed by atoms with Crippen LogP contribution >= 0.6 is 23.4 Å². The van der Waals surface area contributed by atoms with E-state index in [0.29, 0.717) is 36.8 Å². The molecule has 0 radical (unpaired) electrons. The number of carbonyl (C=O) groups excluding carboxylic acids is 3. The molecule has 0 saturated carbocycles. The first-order valence-electron chi connectivity index (χ1n) is 12.6. The highest BCUT2D eigenvalue weighted by Gasteiger charge is 2.73. The number of hydrogen-bond acceptors (Lipinski definition) is 5. The topological polar surface area (TPSA) is 81.2 Å². The SMILES string of the molecule is CCCN1CC=C[C@@]2(C)S[C@]34C=CCN(c5ccccc5Cl)C(=O)C3N(CCCO)C(=O)[C@@H]4[C@H]2C1=O. The van der Waals surface area contributed by atoms with Crippen molar-refractivity contribution < 1.29 is 19.5 Å². The van der Waals surface area contributed by atoms with Crippen LogP contribution in [0.2, 0.25) is 5.02 Å². The highest BCUT2D eigenvalue weighted by molar-refractivity contribution is 8.02. The van der Waals surface area contributed by atoms with Gasteiger partial charge in [0, 0.05) is 37.5 Å². The molecule has 5 atom stereocenters. The van der Waals surface area contributed by atoms with Crippen LogP contribution in [0.15, 0.2) is 48.6 Å². The van der Waals surface area contributed by atoms with Gasteiger partial charge in [-0.1, -0.05) is 55.0 Å². The van der Waals surface area contributed by atoms with E-state index in [1.165, 1.54) is 0 Å². The Balaban J connectivity index is 1.64. The standard InChI is InChI=1S/C27H32ClN3O4S/c1-3-13-29-14-6-11-26(2)20(23(29)33)21-24(34)31(16-8-17-32)22-25(35)30(15-7-12-27(21,22)36-26)19-10-5-4-9-18(19)28/h4-7,9-12,20-22,32H,3,8,13-17H2,1-2H3/t20-,21-,22?,26+,27-/m0/s1. The molecule has 2 fully saturated rings. The maximum atomic E-state index is 14.3. The Labute approximate surface area is 221 Å². The molecule has 0 aromatic heterocycles. The van der Waals surface area contributed by atoms with Gasteiger partial charge in [0.2, 0.25) is 11.8 Å². The van der Waals surface area contributed by atoms with Crippen molar-refractivity contribution in [2.75, 3.05) is 37.7 Å². The van der Waals surface area contributed by atoms with E-state index in [-0.39, 0.29) is 30.9 Å². The molecule has 36 heavy (non-hydrogen) atoms. The summed E-state index contributed by atoms with van der Waals surface area (Å²) in [5, 5.41) is 10.0. The Morgan fingerprint density at radius 2 is 1.78 bits per heavy atom. The van der Waals surface area contributed by atoms with Crippen LogP contribution in [-0.4, -0.2) is 80.9 Å². The third kappa shape index (κ3) is 3.72. The summed E-state index contributed by atoms with van der Waals surface area (Å²) in [6, 6.07) is 6.40. The summed E-state index contributed by atoms with van der Waals surface area (Å²) in [6.45, 7) is 5.70. The van der Waals surface area contributed by atoms with Gasteiger partial charge in [0.05, 0.1) is 27.3 Å². The smallest absolute Gasteiger partial charge is 0.251 e. The van der Waals surface area contributed by atoms with E-state index in [1.807, 2.05) is 49.1 Å². The van der Waals surface area contributed by atoms with Crippen LogP contribution in [0, 0.1) is 11.8 Å². The largest absolute Gasteiger partial charge is 0.396 e. The van der Waals surface area contributed by atoms with Crippen LogP contribution in [-0.2, 0) is 14.4 Å². The Hall–Kier alpha value is -2.29. The van der Waals surface area contributed by atoms with E-state index in [9.17, 15) is 19.5 Å². The lowest BCUT2D eigenvalue weighted by molar-refractivity contribution is -0.143. The Bertz CT molecular complexity index is 1140. The van der Waals surface area contributed by atoms with E-state index in [0.717, 1.165) is 6.42 Å².